The second kappa shape index (κ2) is 9.90. The van der Waals surface area contributed by atoms with Gasteiger partial charge in [-0.3, -0.25) is 14.7 Å². The summed E-state index contributed by atoms with van der Waals surface area (Å²) >= 11 is 0. The highest BCUT2D eigenvalue weighted by Gasteiger charge is 2.19. The number of likely N-dealkylation sites (tertiary alicyclic amines) is 1. The van der Waals surface area contributed by atoms with Gasteiger partial charge in [0.2, 0.25) is 0 Å². The number of hydrazone groups is 1. The number of rotatable bonds is 6. The number of amides is 1. The number of carbonyl (C=O) groups excluding carboxylic acids is 1. The summed E-state index contributed by atoms with van der Waals surface area (Å²) in [6.45, 7) is 6.88. The Morgan fingerprint density at radius 3 is 2.60 bits per heavy atom. The third kappa shape index (κ3) is 5.48. The summed E-state index contributed by atoms with van der Waals surface area (Å²) in [5.74, 6) is 0.517. The monoisotopic (exact) mass is 404 g/mol. The first-order valence-electron chi connectivity index (χ1n) is 11.1. The number of carbonyl (C=O) groups is 1. The van der Waals surface area contributed by atoms with Gasteiger partial charge in [-0.2, -0.15) is 5.10 Å². The lowest BCUT2D eigenvalue weighted by atomic mass is 10.0. The largest absolute Gasteiger partial charge is 0.352 e. The fourth-order valence-electron chi connectivity index (χ4n) is 4.35. The molecule has 5 nitrogen and oxygen atoms in total. The molecule has 2 aliphatic rings. The van der Waals surface area contributed by atoms with Gasteiger partial charge in [0.25, 0.3) is 5.91 Å². The van der Waals surface area contributed by atoms with Gasteiger partial charge < -0.3 is 5.32 Å². The van der Waals surface area contributed by atoms with E-state index in [1.807, 2.05) is 29.3 Å². The van der Waals surface area contributed by atoms with Gasteiger partial charge in [-0.1, -0.05) is 36.8 Å². The molecular weight excluding hydrogens is 372 g/mol. The molecule has 4 rings (SSSR count). The molecule has 1 atom stereocenters. The van der Waals surface area contributed by atoms with Crippen molar-refractivity contribution in [1.29, 1.82) is 0 Å². The smallest absolute Gasteiger partial charge is 0.251 e. The SMILES string of the molecule is CC1=NN(c2ccc(C(=O)NC[C@@H]3CCCCN(Cc4ccccc4)C3)cc2)CC1. The van der Waals surface area contributed by atoms with Crippen LogP contribution in [0.3, 0.4) is 0 Å². The second-order valence-electron chi connectivity index (χ2n) is 8.55. The van der Waals surface area contributed by atoms with Crippen LogP contribution in [0, 0.1) is 5.92 Å². The van der Waals surface area contributed by atoms with E-state index in [-0.39, 0.29) is 5.91 Å². The summed E-state index contributed by atoms with van der Waals surface area (Å²) in [6, 6.07) is 18.5. The Balaban J connectivity index is 1.29. The van der Waals surface area contributed by atoms with Gasteiger partial charge in [-0.15, -0.1) is 0 Å². The van der Waals surface area contributed by atoms with E-state index in [0.29, 0.717) is 11.5 Å². The van der Waals surface area contributed by atoms with Crippen molar-refractivity contribution < 1.29 is 4.79 Å². The Morgan fingerprint density at radius 1 is 1.07 bits per heavy atom. The lowest BCUT2D eigenvalue weighted by molar-refractivity contribution is 0.0942. The first kappa shape index (κ1) is 20.6. The van der Waals surface area contributed by atoms with Gasteiger partial charge in [0.1, 0.15) is 0 Å². The van der Waals surface area contributed by atoms with Crippen LogP contribution in [0.15, 0.2) is 59.7 Å². The van der Waals surface area contributed by atoms with Crippen molar-refractivity contribution >= 4 is 17.3 Å². The van der Waals surface area contributed by atoms with Gasteiger partial charge in [0.05, 0.1) is 5.69 Å². The van der Waals surface area contributed by atoms with Gasteiger partial charge in [-0.05, 0) is 62.1 Å². The van der Waals surface area contributed by atoms with E-state index in [0.717, 1.165) is 50.5 Å². The van der Waals surface area contributed by atoms with Crippen molar-refractivity contribution in [2.24, 2.45) is 11.0 Å². The van der Waals surface area contributed by atoms with Crippen LogP contribution in [0.2, 0.25) is 0 Å². The Kier molecular flexibility index (Phi) is 6.80. The van der Waals surface area contributed by atoms with E-state index in [4.69, 9.17) is 0 Å². The standard InChI is InChI=1S/C25H32N4O/c1-20-14-16-29(27-20)24-12-10-23(11-13-24)25(30)26-17-22-9-5-6-15-28(19-22)18-21-7-3-2-4-8-21/h2-4,7-8,10-13,22H,5-6,9,14-19H2,1H3,(H,26,30)/t22-/m0/s1. The molecule has 0 saturated carbocycles. The lowest BCUT2D eigenvalue weighted by Gasteiger charge is -2.24. The van der Waals surface area contributed by atoms with Crippen LogP contribution in [0.1, 0.15) is 48.5 Å². The summed E-state index contributed by atoms with van der Waals surface area (Å²) < 4.78 is 0. The molecule has 0 spiro atoms. The van der Waals surface area contributed by atoms with Crippen molar-refractivity contribution in [3.8, 4) is 0 Å². The minimum absolute atomic E-state index is 0.0153. The zero-order valence-electron chi connectivity index (χ0n) is 17.9. The quantitative estimate of drug-likeness (QED) is 0.781. The molecule has 0 unspecified atom stereocenters. The van der Waals surface area contributed by atoms with Crippen molar-refractivity contribution in [1.82, 2.24) is 10.2 Å². The third-order valence-corrected chi connectivity index (χ3v) is 6.06. The van der Waals surface area contributed by atoms with Crippen molar-refractivity contribution in [2.75, 3.05) is 31.2 Å². The minimum atomic E-state index is 0.0153. The van der Waals surface area contributed by atoms with Crippen LogP contribution in [0.4, 0.5) is 5.69 Å². The predicted molar refractivity (Wildman–Crippen MR) is 123 cm³/mol. The zero-order chi connectivity index (χ0) is 20.8. The molecule has 158 valence electrons. The van der Waals surface area contributed by atoms with E-state index in [1.165, 1.54) is 24.8 Å². The highest BCUT2D eigenvalue weighted by atomic mass is 16.1. The zero-order valence-corrected chi connectivity index (χ0v) is 17.9. The molecular formula is C25H32N4O. The highest BCUT2D eigenvalue weighted by molar-refractivity contribution is 5.94. The molecule has 30 heavy (non-hydrogen) atoms. The van der Waals surface area contributed by atoms with Crippen molar-refractivity contribution in [2.45, 2.75) is 39.2 Å². The summed E-state index contributed by atoms with van der Waals surface area (Å²) in [5.41, 5.74) is 4.28. The van der Waals surface area contributed by atoms with Crippen LogP contribution in [0.5, 0.6) is 0 Å². The molecule has 2 heterocycles. The second-order valence-corrected chi connectivity index (χ2v) is 8.55. The number of benzene rings is 2. The van der Waals surface area contributed by atoms with Gasteiger partial charge in [-0.25, -0.2) is 0 Å². The number of nitrogens with zero attached hydrogens (tertiary/aromatic N) is 3. The molecule has 1 fully saturated rings. The number of hydrogen-bond acceptors (Lipinski definition) is 4. The summed E-state index contributed by atoms with van der Waals surface area (Å²) in [7, 11) is 0. The molecule has 1 N–H and O–H groups in total. The van der Waals surface area contributed by atoms with Crippen LogP contribution >= 0.6 is 0 Å². The summed E-state index contributed by atoms with van der Waals surface area (Å²) in [4.78, 5) is 15.2. The first-order chi connectivity index (χ1) is 14.7. The average Bonchev–Trinajstić information content (AvgIpc) is 3.08. The third-order valence-electron chi connectivity index (χ3n) is 6.06. The molecule has 2 aromatic rings. The maximum absolute atomic E-state index is 12.7. The fraction of sp³-hybridized carbons (Fsp3) is 0.440. The molecule has 0 aromatic heterocycles. The maximum atomic E-state index is 12.7. The normalized spacial score (nSPS) is 20.0. The first-order valence-corrected chi connectivity index (χ1v) is 11.1. The Hall–Kier alpha value is -2.66. The molecule has 2 aromatic carbocycles. The van der Waals surface area contributed by atoms with E-state index in [2.05, 4.69) is 52.6 Å². The van der Waals surface area contributed by atoms with E-state index < -0.39 is 0 Å². The molecule has 0 bridgehead atoms. The van der Waals surface area contributed by atoms with Crippen LogP contribution < -0.4 is 10.3 Å². The minimum Gasteiger partial charge on any atom is -0.352 e. The molecule has 5 heteroatoms. The number of anilines is 1. The maximum Gasteiger partial charge on any atom is 0.251 e. The molecule has 0 radical (unpaired) electrons. The van der Waals surface area contributed by atoms with Crippen LogP contribution in [0.25, 0.3) is 0 Å². The molecule has 1 amide bonds. The fourth-order valence-corrected chi connectivity index (χ4v) is 4.35. The van der Waals surface area contributed by atoms with E-state index in [1.54, 1.807) is 0 Å². The van der Waals surface area contributed by atoms with Crippen molar-refractivity contribution in [3.63, 3.8) is 0 Å². The molecule has 0 aliphatic carbocycles. The highest BCUT2D eigenvalue weighted by Crippen LogP contribution is 2.21. The van der Waals surface area contributed by atoms with Crippen LogP contribution in [-0.4, -0.2) is 42.7 Å². The molecule has 1 saturated heterocycles. The summed E-state index contributed by atoms with van der Waals surface area (Å²) in [5, 5.41) is 9.70. The van der Waals surface area contributed by atoms with Gasteiger partial charge in [0.15, 0.2) is 0 Å². The Labute approximate surface area is 179 Å². The van der Waals surface area contributed by atoms with Crippen molar-refractivity contribution in [3.05, 3.63) is 65.7 Å². The lowest BCUT2D eigenvalue weighted by Crippen LogP contribution is -2.35. The van der Waals surface area contributed by atoms with Gasteiger partial charge >= 0.3 is 0 Å². The Bertz CT molecular complexity index is 862. The van der Waals surface area contributed by atoms with E-state index in [9.17, 15) is 4.79 Å². The predicted octanol–water partition coefficient (Wildman–Crippen LogP) is 4.30. The average molecular weight is 405 g/mol. The number of nitrogens with one attached hydrogen (secondary N) is 1. The summed E-state index contributed by atoms with van der Waals surface area (Å²) in [6.07, 6.45) is 4.65. The Morgan fingerprint density at radius 2 is 1.87 bits per heavy atom. The molecule has 2 aliphatic heterocycles. The topological polar surface area (TPSA) is 47.9 Å². The van der Waals surface area contributed by atoms with E-state index >= 15 is 0 Å². The van der Waals surface area contributed by atoms with Gasteiger partial charge in [0, 0.05) is 43.9 Å². The number of hydrogen-bond donors (Lipinski definition) is 1. The van der Waals surface area contributed by atoms with Crippen LogP contribution in [-0.2, 0) is 6.54 Å².